The van der Waals surface area contributed by atoms with E-state index in [1.165, 1.54) is 48.5 Å². The predicted molar refractivity (Wildman–Crippen MR) is 70.1 cm³/mol. The third-order valence-corrected chi connectivity index (χ3v) is 5.43. The quantitative estimate of drug-likeness (QED) is 0.149. The summed E-state index contributed by atoms with van der Waals surface area (Å²) in [5.74, 6) is 2.82. The first kappa shape index (κ1) is 22.9. The Kier molecular flexibility index (Phi) is 18.9. The van der Waals surface area contributed by atoms with Gasteiger partial charge in [0.2, 0.25) is 0 Å². The number of hydrogen-bond acceptors (Lipinski definition) is 0. The van der Waals surface area contributed by atoms with Gasteiger partial charge in [0.1, 0.15) is 11.5 Å². The maximum Gasteiger partial charge on any atom is 0.108 e. The Balaban J connectivity index is -0.000000845. The van der Waals surface area contributed by atoms with Gasteiger partial charge in [-0.15, -0.1) is 0 Å². The molecule has 0 bridgehead atoms. The predicted octanol–water partition coefficient (Wildman–Crippen LogP) is -3.47. The number of hydrogen-bond donors (Lipinski definition) is 0. The van der Waals surface area contributed by atoms with E-state index in [0.29, 0.717) is 10.9 Å². The molecule has 0 rings (SSSR count). The molecule has 4 heteroatoms. The molecule has 1 atom stereocenters. The van der Waals surface area contributed by atoms with Crippen molar-refractivity contribution in [3.63, 3.8) is 0 Å². The standard InChI is InChI=1S/C12H29NS.2HI/c1-6-13(4,7-2)11-9-10-12-14(5)8-3;;/h6-12H2,1-5H3;2*1H/q+2;;/p-2. The van der Waals surface area contributed by atoms with Gasteiger partial charge in [0.05, 0.1) is 32.9 Å². The number of unbranched alkanes of at least 4 members (excludes halogenated alkanes) is 1. The fraction of sp³-hybridized carbons (Fsp3) is 1.00. The second kappa shape index (κ2) is 13.2. The van der Waals surface area contributed by atoms with Crippen LogP contribution in [0.1, 0.15) is 33.6 Å². The molecule has 102 valence electrons. The van der Waals surface area contributed by atoms with Crippen LogP contribution in [0.15, 0.2) is 0 Å². The van der Waals surface area contributed by atoms with E-state index in [1.807, 2.05) is 0 Å². The van der Waals surface area contributed by atoms with Gasteiger partial charge >= 0.3 is 0 Å². The van der Waals surface area contributed by atoms with Crippen LogP contribution in [0.4, 0.5) is 0 Å². The van der Waals surface area contributed by atoms with Gasteiger partial charge in [-0.2, -0.15) is 0 Å². The van der Waals surface area contributed by atoms with E-state index in [2.05, 4.69) is 34.1 Å². The van der Waals surface area contributed by atoms with Crippen LogP contribution in [-0.2, 0) is 10.9 Å². The van der Waals surface area contributed by atoms with Crippen molar-refractivity contribution in [2.24, 2.45) is 0 Å². The molecule has 0 fully saturated rings. The number of quaternary nitrogens is 1. The first-order valence-corrected chi connectivity index (χ1v) is 7.97. The lowest BCUT2D eigenvalue weighted by Crippen LogP contribution is -3.00. The summed E-state index contributed by atoms with van der Waals surface area (Å²) >= 11 is 0. The topological polar surface area (TPSA) is 0 Å². The van der Waals surface area contributed by atoms with Crippen molar-refractivity contribution in [3.8, 4) is 0 Å². The van der Waals surface area contributed by atoms with Gasteiger partial charge in [-0.25, -0.2) is 0 Å². The molecule has 0 heterocycles. The first-order valence-electron chi connectivity index (χ1n) is 6.00. The minimum absolute atomic E-state index is 0. The molecule has 0 spiro atoms. The van der Waals surface area contributed by atoms with Crippen LogP contribution in [0, 0.1) is 0 Å². The van der Waals surface area contributed by atoms with Gasteiger partial charge in [0, 0.05) is 6.42 Å². The number of rotatable bonds is 8. The van der Waals surface area contributed by atoms with Crippen molar-refractivity contribution in [3.05, 3.63) is 0 Å². The van der Waals surface area contributed by atoms with Gasteiger partial charge in [-0.05, 0) is 38.1 Å². The SMILES string of the molecule is CC[S+](C)CCCC[N+](C)(CC)CC.[I-].[I-]. The zero-order chi connectivity index (χ0) is 11.0. The molecule has 0 aliphatic heterocycles. The maximum absolute atomic E-state index is 2.40. The molecule has 0 amide bonds. The smallest absolute Gasteiger partial charge is 0.108 e. The van der Waals surface area contributed by atoms with E-state index in [1.54, 1.807) is 0 Å². The van der Waals surface area contributed by atoms with Crippen molar-refractivity contribution >= 4 is 10.9 Å². The molecule has 0 radical (unpaired) electrons. The van der Waals surface area contributed by atoms with E-state index in [9.17, 15) is 0 Å². The average Bonchev–Trinajstić information content (AvgIpc) is 2.23. The van der Waals surface area contributed by atoms with Gasteiger partial charge in [-0.1, -0.05) is 0 Å². The van der Waals surface area contributed by atoms with E-state index in [4.69, 9.17) is 0 Å². The zero-order valence-electron chi connectivity index (χ0n) is 11.6. The van der Waals surface area contributed by atoms with Gasteiger partial charge < -0.3 is 52.4 Å². The summed E-state index contributed by atoms with van der Waals surface area (Å²) in [6.45, 7) is 10.8. The van der Waals surface area contributed by atoms with Gasteiger partial charge in [0.15, 0.2) is 0 Å². The molecule has 0 N–H and O–H groups in total. The number of halogens is 2. The Hall–Kier alpha value is 1.77. The highest BCUT2D eigenvalue weighted by Gasteiger charge is 2.16. The molecule has 16 heavy (non-hydrogen) atoms. The molecule has 0 aliphatic rings. The number of nitrogens with zero attached hydrogens (tertiary/aromatic N) is 1. The zero-order valence-corrected chi connectivity index (χ0v) is 16.7. The Bertz CT molecular complexity index is 141. The molecule has 0 aromatic rings. The van der Waals surface area contributed by atoms with E-state index in [0.717, 1.165) is 0 Å². The summed E-state index contributed by atoms with van der Waals surface area (Å²) in [5.41, 5.74) is 0. The lowest BCUT2D eigenvalue weighted by molar-refractivity contribution is -0.906. The Labute approximate surface area is 140 Å². The lowest BCUT2D eigenvalue weighted by atomic mass is 10.3. The van der Waals surface area contributed by atoms with Crippen LogP contribution >= 0.6 is 0 Å². The minimum atomic E-state index is 0. The fourth-order valence-corrected chi connectivity index (χ4v) is 2.51. The second-order valence-corrected chi connectivity index (χ2v) is 7.01. The summed E-state index contributed by atoms with van der Waals surface area (Å²) in [6, 6.07) is 0. The monoisotopic (exact) mass is 473 g/mol. The lowest BCUT2D eigenvalue weighted by Gasteiger charge is -2.32. The first-order chi connectivity index (χ1) is 6.58. The van der Waals surface area contributed by atoms with Crippen molar-refractivity contribution in [1.29, 1.82) is 0 Å². The van der Waals surface area contributed by atoms with Crippen LogP contribution in [0.2, 0.25) is 0 Å². The molecule has 1 nitrogen and oxygen atoms in total. The molecular formula is C12H29I2NS. The molecule has 0 saturated carbocycles. The molecule has 0 saturated heterocycles. The van der Waals surface area contributed by atoms with Crippen molar-refractivity contribution in [1.82, 2.24) is 0 Å². The average molecular weight is 473 g/mol. The highest BCUT2D eigenvalue weighted by molar-refractivity contribution is 7.96. The minimum Gasteiger partial charge on any atom is -1.00 e. The largest absolute Gasteiger partial charge is 1.00 e. The van der Waals surface area contributed by atoms with Crippen molar-refractivity contribution in [2.75, 3.05) is 44.4 Å². The van der Waals surface area contributed by atoms with Crippen molar-refractivity contribution < 1.29 is 52.4 Å². The summed E-state index contributed by atoms with van der Waals surface area (Å²) < 4.78 is 1.25. The molecule has 0 aromatic carbocycles. The van der Waals surface area contributed by atoms with Crippen molar-refractivity contribution in [2.45, 2.75) is 33.6 Å². The summed E-state index contributed by atoms with van der Waals surface area (Å²) in [5, 5.41) is 0. The van der Waals surface area contributed by atoms with E-state index in [-0.39, 0.29) is 48.0 Å². The van der Waals surface area contributed by atoms with E-state index < -0.39 is 0 Å². The van der Waals surface area contributed by atoms with E-state index >= 15 is 0 Å². The molecule has 0 aromatic heterocycles. The molecule has 1 unspecified atom stereocenters. The Morgan fingerprint density at radius 1 is 0.938 bits per heavy atom. The Morgan fingerprint density at radius 2 is 1.44 bits per heavy atom. The summed E-state index contributed by atoms with van der Waals surface area (Å²) in [6.07, 6.45) is 5.24. The van der Waals surface area contributed by atoms with Crippen LogP contribution < -0.4 is 48.0 Å². The van der Waals surface area contributed by atoms with Crippen LogP contribution in [-0.4, -0.2) is 48.9 Å². The highest BCUT2D eigenvalue weighted by Crippen LogP contribution is 2.06. The van der Waals surface area contributed by atoms with Crippen LogP contribution in [0.5, 0.6) is 0 Å². The maximum atomic E-state index is 2.40. The second-order valence-electron chi connectivity index (χ2n) is 4.46. The van der Waals surface area contributed by atoms with Gasteiger partial charge in [0.25, 0.3) is 0 Å². The third-order valence-electron chi connectivity index (χ3n) is 3.46. The summed E-state index contributed by atoms with van der Waals surface area (Å²) in [7, 11) is 3.06. The summed E-state index contributed by atoms with van der Waals surface area (Å²) in [4.78, 5) is 0. The van der Waals surface area contributed by atoms with Crippen LogP contribution in [0.3, 0.4) is 0 Å². The fourth-order valence-electron chi connectivity index (χ4n) is 1.53. The van der Waals surface area contributed by atoms with Gasteiger partial charge in [-0.3, -0.25) is 0 Å². The third kappa shape index (κ3) is 10.9. The molecular weight excluding hydrogens is 444 g/mol. The Morgan fingerprint density at radius 3 is 1.81 bits per heavy atom. The highest BCUT2D eigenvalue weighted by atomic mass is 127. The normalized spacial score (nSPS) is 12.6. The van der Waals surface area contributed by atoms with Crippen LogP contribution in [0.25, 0.3) is 0 Å². The molecule has 0 aliphatic carbocycles.